The SMILES string of the molecule is [CH2]C(O)C(=O)OCCOC. The van der Waals surface area contributed by atoms with Crippen LogP contribution in [0.15, 0.2) is 0 Å². The van der Waals surface area contributed by atoms with Crippen molar-refractivity contribution in [3.63, 3.8) is 0 Å². The van der Waals surface area contributed by atoms with Gasteiger partial charge in [0.05, 0.1) is 6.61 Å². The first-order valence-corrected chi connectivity index (χ1v) is 2.85. The van der Waals surface area contributed by atoms with Crippen molar-refractivity contribution in [1.82, 2.24) is 0 Å². The van der Waals surface area contributed by atoms with Gasteiger partial charge in [0.25, 0.3) is 0 Å². The Hall–Kier alpha value is -0.610. The maximum Gasteiger partial charge on any atom is 0.335 e. The van der Waals surface area contributed by atoms with Crippen molar-refractivity contribution in [1.29, 1.82) is 0 Å². The molecule has 0 heterocycles. The van der Waals surface area contributed by atoms with Crippen LogP contribution >= 0.6 is 0 Å². The average molecular weight is 147 g/mol. The molecular weight excluding hydrogens is 136 g/mol. The Morgan fingerprint density at radius 2 is 2.30 bits per heavy atom. The molecule has 0 amide bonds. The molecule has 0 saturated carbocycles. The summed E-state index contributed by atoms with van der Waals surface area (Å²) in [5.74, 6) is -0.725. The third-order valence-corrected chi connectivity index (χ3v) is 0.804. The summed E-state index contributed by atoms with van der Waals surface area (Å²) in [6, 6.07) is 0. The van der Waals surface area contributed by atoms with Gasteiger partial charge in [0.1, 0.15) is 6.61 Å². The van der Waals surface area contributed by atoms with Gasteiger partial charge in [0, 0.05) is 7.11 Å². The number of carbonyl (C=O) groups excluding carboxylic acids is 1. The molecule has 59 valence electrons. The van der Waals surface area contributed by atoms with Crippen LogP contribution in [0.1, 0.15) is 0 Å². The Kier molecular flexibility index (Phi) is 4.88. The first kappa shape index (κ1) is 9.39. The van der Waals surface area contributed by atoms with Gasteiger partial charge in [-0.15, -0.1) is 0 Å². The van der Waals surface area contributed by atoms with E-state index in [0.29, 0.717) is 6.61 Å². The lowest BCUT2D eigenvalue weighted by Crippen LogP contribution is -2.21. The molecule has 0 aliphatic carbocycles. The van der Waals surface area contributed by atoms with E-state index in [0.717, 1.165) is 0 Å². The normalized spacial score (nSPS) is 12.7. The average Bonchev–Trinajstić information content (AvgIpc) is 1.88. The van der Waals surface area contributed by atoms with Crippen molar-refractivity contribution in [3.05, 3.63) is 6.92 Å². The van der Waals surface area contributed by atoms with Crippen molar-refractivity contribution in [2.24, 2.45) is 0 Å². The van der Waals surface area contributed by atoms with Crippen LogP contribution in [0.2, 0.25) is 0 Å². The Morgan fingerprint density at radius 1 is 1.70 bits per heavy atom. The molecule has 1 N–H and O–H groups in total. The lowest BCUT2D eigenvalue weighted by atomic mass is 10.4. The van der Waals surface area contributed by atoms with Crippen molar-refractivity contribution < 1.29 is 19.4 Å². The van der Waals surface area contributed by atoms with Gasteiger partial charge >= 0.3 is 5.97 Å². The summed E-state index contributed by atoms with van der Waals surface area (Å²) in [6.45, 7) is 3.54. The van der Waals surface area contributed by atoms with Gasteiger partial charge in [0.15, 0.2) is 6.10 Å². The molecule has 0 aromatic carbocycles. The molecule has 1 unspecified atom stereocenters. The second-order valence-electron chi connectivity index (χ2n) is 1.68. The summed E-state index contributed by atoms with van der Waals surface area (Å²) in [4.78, 5) is 10.4. The second-order valence-corrected chi connectivity index (χ2v) is 1.68. The second kappa shape index (κ2) is 5.20. The molecule has 4 heteroatoms. The van der Waals surface area contributed by atoms with Crippen LogP contribution in [0.25, 0.3) is 0 Å². The van der Waals surface area contributed by atoms with Crippen LogP contribution in [-0.2, 0) is 14.3 Å². The summed E-state index contributed by atoms with van der Waals surface area (Å²) in [7, 11) is 1.49. The van der Waals surface area contributed by atoms with Crippen molar-refractivity contribution in [2.75, 3.05) is 20.3 Å². The summed E-state index contributed by atoms with van der Waals surface area (Å²) in [5.41, 5.74) is 0. The van der Waals surface area contributed by atoms with E-state index in [4.69, 9.17) is 5.11 Å². The number of hydrogen-bond acceptors (Lipinski definition) is 4. The molecule has 0 aromatic rings. The molecule has 0 saturated heterocycles. The van der Waals surface area contributed by atoms with E-state index >= 15 is 0 Å². The highest BCUT2D eigenvalue weighted by atomic mass is 16.6. The molecule has 10 heavy (non-hydrogen) atoms. The Balaban J connectivity index is 3.22. The molecule has 4 nitrogen and oxygen atoms in total. The van der Waals surface area contributed by atoms with Gasteiger partial charge in [-0.25, -0.2) is 4.79 Å². The highest BCUT2D eigenvalue weighted by molar-refractivity contribution is 5.74. The van der Waals surface area contributed by atoms with Crippen LogP contribution in [0.3, 0.4) is 0 Å². The standard InChI is InChI=1S/C6H11O4/c1-5(7)6(8)10-4-3-9-2/h5,7H,1,3-4H2,2H3. The predicted molar refractivity (Wildman–Crippen MR) is 34.2 cm³/mol. The number of aliphatic hydroxyl groups is 1. The topological polar surface area (TPSA) is 55.8 Å². The molecule has 0 rings (SSSR count). The molecule has 1 atom stereocenters. The van der Waals surface area contributed by atoms with Gasteiger partial charge < -0.3 is 14.6 Å². The molecule has 0 spiro atoms. The number of hydrogen-bond donors (Lipinski definition) is 1. The number of methoxy groups -OCH3 is 1. The highest BCUT2D eigenvalue weighted by Crippen LogP contribution is 1.85. The molecule has 1 radical (unpaired) electrons. The third kappa shape index (κ3) is 4.29. The number of carbonyl (C=O) groups is 1. The van der Waals surface area contributed by atoms with E-state index in [9.17, 15) is 4.79 Å². The zero-order valence-corrected chi connectivity index (χ0v) is 5.87. The van der Waals surface area contributed by atoms with Crippen LogP contribution in [0.4, 0.5) is 0 Å². The van der Waals surface area contributed by atoms with E-state index in [1.54, 1.807) is 0 Å². The summed E-state index contributed by atoms with van der Waals surface area (Å²) >= 11 is 0. The number of ether oxygens (including phenoxy) is 2. The number of esters is 1. The van der Waals surface area contributed by atoms with Crippen LogP contribution in [0, 0.1) is 6.92 Å². The maximum atomic E-state index is 10.4. The van der Waals surface area contributed by atoms with Gasteiger partial charge in [-0.05, 0) is 6.92 Å². The summed E-state index contributed by atoms with van der Waals surface area (Å²) < 4.78 is 9.06. The molecule has 0 fully saturated rings. The predicted octanol–water partition coefficient (Wildman–Crippen LogP) is -0.629. The monoisotopic (exact) mass is 147 g/mol. The molecule has 0 aliphatic heterocycles. The Bertz CT molecular complexity index is 99.9. The van der Waals surface area contributed by atoms with Gasteiger partial charge in [-0.3, -0.25) is 0 Å². The number of aliphatic hydroxyl groups excluding tert-OH is 1. The minimum absolute atomic E-state index is 0.155. The first-order valence-electron chi connectivity index (χ1n) is 2.85. The summed E-state index contributed by atoms with van der Waals surface area (Å²) in [6.07, 6.45) is -1.29. The largest absolute Gasteiger partial charge is 0.461 e. The molecule has 0 aromatic heterocycles. The third-order valence-electron chi connectivity index (χ3n) is 0.804. The van der Waals surface area contributed by atoms with E-state index in [2.05, 4.69) is 16.4 Å². The molecule has 0 bridgehead atoms. The zero-order valence-electron chi connectivity index (χ0n) is 5.87. The van der Waals surface area contributed by atoms with Crippen molar-refractivity contribution in [2.45, 2.75) is 6.10 Å². The van der Waals surface area contributed by atoms with Crippen molar-refractivity contribution >= 4 is 5.97 Å². The Morgan fingerprint density at radius 3 is 2.70 bits per heavy atom. The molecular formula is C6H11O4. The van der Waals surface area contributed by atoms with Gasteiger partial charge in [0.2, 0.25) is 0 Å². The maximum absolute atomic E-state index is 10.4. The number of rotatable bonds is 4. The lowest BCUT2D eigenvalue weighted by molar-refractivity contribution is -0.152. The fourth-order valence-corrected chi connectivity index (χ4v) is 0.322. The lowest BCUT2D eigenvalue weighted by Gasteiger charge is -2.04. The van der Waals surface area contributed by atoms with Crippen LogP contribution in [-0.4, -0.2) is 37.5 Å². The fourth-order valence-electron chi connectivity index (χ4n) is 0.322. The highest BCUT2D eigenvalue weighted by Gasteiger charge is 2.08. The minimum atomic E-state index is -1.29. The van der Waals surface area contributed by atoms with E-state index in [1.807, 2.05) is 0 Å². The zero-order chi connectivity index (χ0) is 7.98. The smallest absolute Gasteiger partial charge is 0.335 e. The van der Waals surface area contributed by atoms with E-state index < -0.39 is 12.1 Å². The van der Waals surface area contributed by atoms with Gasteiger partial charge in [-0.2, -0.15) is 0 Å². The first-order chi connectivity index (χ1) is 4.68. The van der Waals surface area contributed by atoms with Crippen LogP contribution < -0.4 is 0 Å². The van der Waals surface area contributed by atoms with Crippen LogP contribution in [0.5, 0.6) is 0 Å². The summed E-state index contributed by atoms with van der Waals surface area (Å²) in [5, 5.41) is 8.49. The Labute approximate surface area is 59.7 Å². The van der Waals surface area contributed by atoms with E-state index in [1.165, 1.54) is 7.11 Å². The van der Waals surface area contributed by atoms with E-state index in [-0.39, 0.29) is 6.61 Å². The minimum Gasteiger partial charge on any atom is -0.461 e. The molecule has 0 aliphatic rings. The van der Waals surface area contributed by atoms with Crippen molar-refractivity contribution in [3.8, 4) is 0 Å². The quantitative estimate of drug-likeness (QED) is 0.425. The fraction of sp³-hybridized carbons (Fsp3) is 0.667. The van der Waals surface area contributed by atoms with Gasteiger partial charge in [-0.1, -0.05) is 0 Å².